The largest absolute Gasteiger partial charge is 0.481 e. The van der Waals surface area contributed by atoms with Crippen LogP contribution in [0.15, 0.2) is 42.5 Å². The van der Waals surface area contributed by atoms with Crippen molar-refractivity contribution < 1.29 is 28.5 Å². The van der Waals surface area contributed by atoms with Crippen molar-refractivity contribution in [1.82, 2.24) is 0 Å². The summed E-state index contributed by atoms with van der Waals surface area (Å²) in [5.74, 6) is 1.05. The Kier molecular flexibility index (Phi) is 6.37. The average molecular weight is 385 g/mol. The van der Waals surface area contributed by atoms with Gasteiger partial charge in [-0.25, -0.2) is 4.79 Å². The van der Waals surface area contributed by atoms with Crippen molar-refractivity contribution in [3.63, 3.8) is 0 Å². The zero-order valence-corrected chi connectivity index (χ0v) is 15.9. The maximum atomic E-state index is 12.4. The fourth-order valence-corrected chi connectivity index (χ4v) is 2.54. The van der Waals surface area contributed by atoms with Crippen LogP contribution < -0.4 is 19.5 Å². The molecule has 3 rings (SSSR count). The molecule has 1 heterocycles. The van der Waals surface area contributed by atoms with Gasteiger partial charge < -0.3 is 24.3 Å². The summed E-state index contributed by atoms with van der Waals surface area (Å²) in [7, 11) is 0. The molecule has 0 saturated carbocycles. The monoisotopic (exact) mass is 385 g/mol. The van der Waals surface area contributed by atoms with Gasteiger partial charge in [-0.2, -0.15) is 0 Å². The van der Waals surface area contributed by atoms with E-state index < -0.39 is 6.10 Å². The fraction of sp³-hybridized carbons (Fsp3) is 0.333. The number of anilines is 1. The zero-order valence-electron chi connectivity index (χ0n) is 15.9. The third-order valence-electron chi connectivity index (χ3n) is 4.14. The van der Waals surface area contributed by atoms with Crippen LogP contribution in [0.3, 0.4) is 0 Å². The predicted molar refractivity (Wildman–Crippen MR) is 103 cm³/mol. The fourth-order valence-electron chi connectivity index (χ4n) is 2.54. The molecule has 0 bridgehead atoms. The van der Waals surface area contributed by atoms with Crippen molar-refractivity contribution in [3.8, 4) is 17.2 Å². The SMILES string of the molecule is CCCCOC(=O)c1ccc(O[C@H](C)C(=O)Nc2ccc3c(c2)OCO3)cc1. The Balaban J connectivity index is 1.53. The molecule has 148 valence electrons. The van der Waals surface area contributed by atoms with Gasteiger partial charge in [-0.05, 0) is 49.7 Å². The molecule has 7 nitrogen and oxygen atoms in total. The molecule has 28 heavy (non-hydrogen) atoms. The van der Waals surface area contributed by atoms with E-state index in [9.17, 15) is 9.59 Å². The third kappa shape index (κ3) is 4.94. The molecular weight excluding hydrogens is 362 g/mol. The third-order valence-corrected chi connectivity index (χ3v) is 4.14. The van der Waals surface area contributed by atoms with Crippen LogP contribution in [0.25, 0.3) is 0 Å². The highest BCUT2D eigenvalue weighted by molar-refractivity contribution is 5.94. The standard InChI is InChI=1S/C21H23NO6/c1-3-4-11-25-21(24)15-5-8-17(9-6-15)28-14(2)20(23)22-16-7-10-18-19(12-16)27-13-26-18/h5-10,12,14H,3-4,11,13H2,1-2H3,(H,22,23)/t14-/m1/s1. The van der Waals surface area contributed by atoms with Crippen LogP contribution in [0, 0.1) is 0 Å². The van der Waals surface area contributed by atoms with E-state index in [0.29, 0.717) is 35.1 Å². The summed E-state index contributed by atoms with van der Waals surface area (Å²) in [6, 6.07) is 11.7. The van der Waals surface area contributed by atoms with Gasteiger partial charge in [0.25, 0.3) is 5.91 Å². The highest BCUT2D eigenvalue weighted by Crippen LogP contribution is 2.34. The van der Waals surface area contributed by atoms with E-state index in [2.05, 4.69) is 5.32 Å². The number of carbonyl (C=O) groups excluding carboxylic acids is 2. The first kappa shape index (κ1) is 19.5. The second kappa shape index (κ2) is 9.12. The number of amides is 1. The Morgan fingerprint density at radius 2 is 1.86 bits per heavy atom. The summed E-state index contributed by atoms with van der Waals surface area (Å²) in [6.07, 6.45) is 1.07. The van der Waals surface area contributed by atoms with Gasteiger partial charge in [-0.1, -0.05) is 13.3 Å². The Morgan fingerprint density at radius 3 is 2.61 bits per heavy atom. The molecule has 0 radical (unpaired) electrons. The van der Waals surface area contributed by atoms with E-state index in [4.69, 9.17) is 18.9 Å². The predicted octanol–water partition coefficient (Wildman–Crippen LogP) is 3.78. The minimum atomic E-state index is -0.729. The van der Waals surface area contributed by atoms with Crippen LogP contribution in [0.2, 0.25) is 0 Å². The molecule has 0 unspecified atom stereocenters. The second-order valence-corrected chi connectivity index (χ2v) is 6.33. The van der Waals surface area contributed by atoms with Crippen LogP contribution in [-0.4, -0.2) is 31.4 Å². The van der Waals surface area contributed by atoms with Crippen molar-refractivity contribution in [2.75, 3.05) is 18.7 Å². The van der Waals surface area contributed by atoms with Crippen molar-refractivity contribution in [3.05, 3.63) is 48.0 Å². The van der Waals surface area contributed by atoms with Crippen molar-refractivity contribution in [2.45, 2.75) is 32.8 Å². The summed E-state index contributed by atoms with van der Waals surface area (Å²) in [4.78, 5) is 24.3. The number of benzene rings is 2. The molecule has 2 aromatic carbocycles. The first-order valence-electron chi connectivity index (χ1n) is 9.21. The van der Waals surface area contributed by atoms with Gasteiger partial charge in [0.1, 0.15) is 5.75 Å². The van der Waals surface area contributed by atoms with E-state index in [0.717, 1.165) is 12.8 Å². The molecule has 0 spiro atoms. The maximum Gasteiger partial charge on any atom is 0.338 e. The van der Waals surface area contributed by atoms with Gasteiger partial charge in [0.05, 0.1) is 12.2 Å². The zero-order chi connectivity index (χ0) is 19.9. The highest BCUT2D eigenvalue weighted by atomic mass is 16.7. The molecular formula is C21H23NO6. The number of carbonyl (C=O) groups is 2. The summed E-state index contributed by atoms with van der Waals surface area (Å²) in [5.41, 5.74) is 1.04. The highest BCUT2D eigenvalue weighted by Gasteiger charge is 2.18. The van der Waals surface area contributed by atoms with Crippen molar-refractivity contribution >= 4 is 17.6 Å². The second-order valence-electron chi connectivity index (χ2n) is 6.33. The molecule has 0 aromatic heterocycles. The molecule has 1 aliphatic rings. The lowest BCUT2D eigenvalue weighted by molar-refractivity contribution is -0.122. The van der Waals surface area contributed by atoms with Crippen molar-refractivity contribution in [1.29, 1.82) is 0 Å². The number of rotatable bonds is 8. The smallest absolute Gasteiger partial charge is 0.338 e. The quantitative estimate of drug-likeness (QED) is 0.550. The van der Waals surface area contributed by atoms with Crippen LogP contribution >= 0.6 is 0 Å². The molecule has 1 atom stereocenters. The van der Waals surface area contributed by atoms with Gasteiger partial charge in [0.15, 0.2) is 17.6 Å². The lowest BCUT2D eigenvalue weighted by Gasteiger charge is -2.15. The molecule has 1 aliphatic heterocycles. The van der Waals surface area contributed by atoms with Gasteiger partial charge >= 0.3 is 5.97 Å². The van der Waals surface area contributed by atoms with E-state index >= 15 is 0 Å². The van der Waals surface area contributed by atoms with Crippen LogP contribution in [0.4, 0.5) is 5.69 Å². The summed E-state index contributed by atoms with van der Waals surface area (Å²) < 4.78 is 21.4. The first-order chi connectivity index (χ1) is 13.6. The van der Waals surface area contributed by atoms with Gasteiger partial charge in [-0.3, -0.25) is 4.79 Å². The Labute approximate surface area is 163 Å². The summed E-state index contributed by atoms with van der Waals surface area (Å²) in [5, 5.41) is 2.78. The van der Waals surface area contributed by atoms with Gasteiger partial charge in [-0.15, -0.1) is 0 Å². The first-order valence-corrected chi connectivity index (χ1v) is 9.21. The Morgan fingerprint density at radius 1 is 1.11 bits per heavy atom. The number of hydrogen-bond donors (Lipinski definition) is 1. The van der Waals surface area contributed by atoms with Crippen LogP contribution in [0.5, 0.6) is 17.2 Å². The van der Waals surface area contributed by atoms with E-state index in [1.54, 1.807) is 49.4 Å². The number of fused-ring (bicyclic) bond motifs is 1. The van der Waals surface area contributed by atoms with E-state index in [-0.39, 0.29) is 18.7 Å². The molecule has 0 fully saturated rings. The molecule has 1 N–H and O–H groups in total. The minimum absolute atomic E-state index is 0.175. The summed E-state index contributed by atoms with van der Waals surface area (Å²) >= 11 is 0. The van der Waals surface area contributed by atoms with Crippen LogP contribution in [-0.2, 0) is 9.53 Å². The number of hydrogen-bond acceptors (Lipinski definition) is 6. The Hall–Kier alpha value is -3.22. The number of nitrogens with one attached hydrogen (secondary N) is 1. The lowest BCUT2D eigenvalue weighted by atomic mass is 10.2. The van der Waals surface area contributed by atoms with Gasteiger partial charge in [0, 0.05) is 11.8 Å². The molecule has 2 aromatic rings. The maximum absolute atomic E-state index is 12.4. The molecule has 0 aliphatic carbocycles. The van der Waals surface area contributed by atoms with E-state index in [1.165, 1.54) is 0 Å². The minimum Gasteiger partial charge on any atom is -0.481 e. The number of unbranched alkanes of at least 4 members (excludes halogenated alkanes) is 1. The van der Waals surface area contributed by atoms with Crippen molar-refractivity contribution in [2.24, 2.45) is 0 Å². The number of ether oxygens (including phenoxy) is 4. The lowest BCUT2D eigenvalue weighted by Crippen LogP contribution is -2.30. The molecule has 1 amide bonds. The van der Waals surface area contributed by atoms with Gasteiger partial charge in [0.2, 0.25) is 6.79 Å². The molecule has 7 heteroatoms. The Bertz CT molecular complexity index is 833. The van der Waals surface area contributed by atoms with E-state index in [1.807, 2.05) is 6.92 Å². The molecule has 0 saturated heterocycles. The topological polar surface area (TPSA) is 83.1 Å². The van der Waals surface area contributed by atoms with Crippen LogP contribution in [0.1, 0.15) is 37.0 Å². The summed E-state index contributed by atoms with van der Waals surface area (Å²) in [6.45, 7) is 4.26. The number of esters is 1. The average Bonchev–Trinajstić information content (AvgIpc) is 3.16. The normalized spacial score (nSPS) is 12.9.